The van der Waals surface area contributed by atoms with Crippen molar-refractivity contribution < 1.29 is 24.2 Å². The number of carbonyl (C=O) groups excluding carboxylic acids is 1. The molecule has 1 aromatic carbocycles. The summed E-state index contributed by atoms with van der Waals surface area (Å²) in [6.45, 7) is 3.33. The van der Waals surface area contributed by atoms with Crippen LogP contribution >= 0.6 is 11.3 Å². The number of methoxy groups -OCH3 is 1. The molecule has 2 aromatic heterocycles. The number of nitrogen functional groups attached to an aromatic ring is 1. The zero-order valence-electron chi connectivity index (χ0n) is 19.4. The first kappa shape index (κ1) is 23.2. The van der Waals surface area contributed by atoms with Crippen LogP contribution in [-0.2, 0) is 11.2 Å². The Bertz CT molecular complexity index is 1290. The van der Waals surface area contributed by atoms with Gasteiger partial charge in [-0.2, -0.15) is 0 Å². The Labute approximate surface area is 206 Å². The molecule has 11 heteroatoms. The number of aryl methyl sites for hydroxylation is 1. The van der Waals surface area contributed by atoms with Gasteiger partial charge in [-0.25, -0.2) is 9.78 Å². The number of nitrogens with one attached hydrogen (secondary N) is 2. The maximum Gasteiger partial charge on any atom is 0.405 e. The summed E-state index contributed by atoms with van der Waals surface area (Å²) in [6.07, 6.45) is -0.666. The van der Waals surface area contributed by atoms with Crippen molar-refractivity contribution in [3.8, 4) is 5.75 Å². The molecule has 10 nitrogen and oxygen atoms in total. The molecule has 3 aromatic rings. The number of pyridine rings is 1. The molecule has 5 N–H and O–H groups in total. The second-order valence-electron chi connectivity index (χ2n) is 8.86. The van der Waals surface area contributed by atoms with Crippen molar-refractivity contribution in [3.63, 3.8) is 0 Å². The van der Waals surface area contributed by atoms with Gasteiger partial charge in [-0.3, -0.25) is 4.79 Å². The van der Waals surface area contributed by atoms with Crippen molar-refractivity contribution in [2.45, 2.75) is 31.5 Å². The molecule has 2 amide bonds. The Hall–Kier alpha value is -3.57. The number of amides is 2. The highest BCUT2D eigenvalue weighted by Crippen LogP contribution is 2.34. The molecule has 3 unspecified atom stereocenters. The number of carboxylic acid groups (broad SMARTS) is 1. The number of hydrogen-bond donors (Lipinski definition) is 4. The third kappa shape index (κ3) is 4.56. The van der Waals surface area contributed by atoms with Crippen LogP contribution in [0.5, 0.6) is 5.75 Å². The number of benzene rings is 1. The number of nitrogens with two attached hydrogens (primary N) is 1. The van der Waals surface area contributed by atoms with E-state index >= 15 is 0 Å². The Morgan fingerprint density at radius 1 is 1.26 bits per heavy atom. The summed E-state index contributed by atoms with van der Waals surface area (Å²) < 4.78 is 11.5. The number of fused-ring (bicyclic) bond motifs is 2. The normalized spacial score (nSPS) is 21.4. The molecule has 1 fully saturated rings. The molecule has 35 heavy (non-hydrogen) atoms. The molecule has 0 saturated carbocycles. The van der Waals surface area contributed by atoms with Crippen LogP contribution in [0, 0.1) is 6.92 Å². The van der Waals surface area contributed by atoms with E-state index < -0.39 is 6.09 Å². The van der Waals surface area contributed by atoms with Crippen LogP contribution < -0.4 is 26.0 Å². The second kappa shape index (κ2) is 9.23. The summed E-state index contributed by atoms with van der Waals surface area (Å²) in [5.41, 5.74) is 9.49. The summed E-state index contributed by atoms with van der Waals surface area (Å²) in [6, 6.07) is 9.22. The number of aromatic nitrogens is 1. The Kier molecular flexibility index (Phi) is 6.12. The van der Waals surface area contributed by atoms with E-state index in [0.29, 0.717) is 36.7 Å². The zero-order chi connectivity index (χ0) is 24.7. The lowest BCUT2D eigenvalue weighted by Gasteiger charge is -2.28. The van der Waals surface area contributed by atoms with Crippen LogP contribution in [0.3, 0.4) is 0 Å². The molecule has 5 rings (SSSR count). The van der Waals surface area contributed by atoms with E-state index in [0.717, 1.165) is 32.9 Å². The van der Waals surface area contributed by atoms with Crippen molar-refractivity contribution in [1.82, 2.24) is 15.6 Å². The zero-order valence-corrected chi connectivity index (χ0v) is 20.2. The van der Waals surface area contributed by atoms with E-state index in [4.69, 9.17) is 20.3 Å². The lowest BCUT2D eigenvalue weighted by atomic mass is 10.0. The summed E-state index contributed by atoms with van der Waals surface area (Å²) in [5, 5.41) is 15.4. The van der Waals surface area contributed by atoms with Crippen LogP contribution in [0.2, 0.25) is 0 Å². The molecule has 0 aliphatic carbocycles. The van der Waals surface area contributed by atoms with Gasteiger partial charge in [0.1, 0.15) is 22.1 Å². The highest BCUT2D eigenvalue weighted by Gasteiger charge is 2.35. The largest absolute Gasteiger partial charge is 0.491 e. The quantitative estimate of drug-likeness (QED) is 0.421. The minimum Gasteiger partial charge on any atom is -0.491 e. The topological polar surface area (TPSA) is 139 Å². The van der Waals surface area contributed by atoms with E-state index in [1.54, 1.807) is 7.11 Å². The molecule has 0 spiro atoms. The lowest BCUT2D eigenvalue weighted by molar-refractivity contribution is 0.0920. The molecule has 184 valence electrons. The molecule has 3 atom stereocenters. The smallest absolute Gasteiger partial charge is 0.405 e. The highest BCUT2D eigenvalue weighted by atomic mass is 32.1. The van der Waals surface area contributed by atoms with Crippen LogP contribution in [0.15, 0.2) is 30.3 Å². The van der Waals surface area contributed by atoms with E-state index in [1.165, 1.54) is 11.3 Å². The maximum absolute atomic E-state index is 13.0. The number of rotatable bonds is 5. The Balaban J connectivity index is 1.26. The highest BCUT2D eigenvalue weighted by molar-refractivity contribution is 7.21. The summed E-state index contributed by atoms with van der Waals surface area (Å²) in [5.74, 6) is 0.536. The molecular formula is C24H27N5O5S. The van der Waals surface area contributed by atoms with Gasteiger partial charge in [0, 0.05) is 43.0 Å². The first-order valence-electron chi connectivity index (χ1n) is 11.3. The van der Waals surface area contributed by atoms with E-state index in [1.807, 2.05) is 37.3 Å². The molecule has 2 aliphatic rings. The first-order valence-corrected chi connectivity index (χ1v) is 12.1. The molecular weight excluding hydrogens is 470 g/mol. The summed E-state index contributed by atoms with van der Waals surface area (Å²) in [7, 11) is 1.58. The van der Waals surface area contributed by atoms with Crippen molar-refractivity contribution in [2.24, 2.45) is 0 Å². The van der Waals surface area contributed by atoms with Crippen molar-refractivity contribution in [2.75, 3.05) is 37.4 Å². The van der Waals surface area contributed by atoms with Gasteiger partial charge in [0.25, 0.3) is 5.91 Å². The molecule has 2 aliphatic heterocycles. The van der Waals surface area contributed by atoms with Gasteiger partial charge < -0.3 is 35.8 Å². The number of carbonyl (C=O) groups is 2. The van der Waals surface area contributed by atoms with Crippen LogP contribution in [-0.4, -0.2) is 67.1 Å². The van der Waals surface area contributed by atoms with Gasteiger partial charge in [-0.1, -0.05) is 6.07 Å². The monoisotopic (exact) mass is 497 g/mol. The molecule has 1 saturated heterocycles. The SMILES string of the molecule is COC1CN(c2ccc3c(c2)OCC(NC(=O)c2sc4nc(C)ccc4c2N)C3)CC1NC(=O)O. The second-order valence-corrected chi connectivity index (χ2v) is 9.86. The van der Waals surface area contributed by atoms with E-state index in [-0.39, 0.29) is 24.1 Å². The van der Waals surface area contributed by atoms with Gasteiger partial charge in [0.05, 0.1) is 23.9 Å². The predicted octanol–water partition coefficient (Wildman–Crippen LogP) is 2.39. The van der Waals surface area contributed by atoms with Crippen LogP contribution in [0.25, 0.3) is 10.2 Å². The first-order chi connectivity index (χ1) is 16.8. The Morgan fingerprint density at radius 3 is 2.86 bits per heavy atom. The minimum absolute atomic E-state index is 0.186. The van der Waals surface area contributed by atoms with E-state index in [9.17, 15) is 9.59 Å². The van der Waals surface area contributed by atoms with Gasteiger partial charge in [-0.15, -0.1) is 11.3 Å². The molecule has 0 radical (unpaired) electrons. The fraction of sp³-hybridized carbons (Fsp3) is 0.375. The Morgan fingerprint density at radius 2 is 2.09 bits per heavy atom. The van der Waals surface area contributed by atoms with E-state index in [2.05, 4.69) is 20.5 Å². The third-order valence-electron chi connectivity index (χ3n) is 6.47. The summed E-state index contributed by atoms with van der Waals surface area (Å²) >= 11 is 1.30. The molecule has 0 bridgehead atoms. The fourth-order valence-corrected chi connectivity index (χ4v) is 5.72. The average molecular weight is 498 g/mol. The van der Waals surface area contributed by atoms with Crippen molar-refractivity contribution in [1.29, 1.82) is 0 Å². The maximum atomic E-state index is 13.0. The fourth-order valence-electron chi connectivity index (χ4n) is 4.68. The lowest BCUT2D eigenvalue weighted by Crippen LogP contribution is -2.43. The van der Waals surface area contributed by atoms with Gasteiger partial charge >= 0.3 is 6.09 Å². The number of nitrogens with zero attached hydrogens (tertiary/aromatic N) is 2. The van der Waals surface area contributed by atoms with Crippen molar-refractivity contribution in [3.05, 3.63) is 46.5 Å². The van der Waals surface area contributed by atoms with Crippen LogP contribution in [0.1, 0.15) is 20.9 Å². The van der Waals surface area contributed by atoms with Gasteiger partial charge in [-0.05, 0) is 37.1 Å². The van der Waals surface area contributed by atoms with Crippen LogP contribution in [0.4, 0.5) is 16.2 Å². The number of hydrogen-bond acceptors (Lipinski definition) is 8. The predicted molar refractivity (Wildman–Crippen MR) is 134 cm³/mol. The standard InChI is InChI=1S/C24H27N5O5S/c1-12-3-6-16-20(25)21(35-23(16)26-12)22(30)27-14-7-13-4-5-15(8-18(13)34-11-14)29-9-17(28-24(31)32)19(10-29)33-2/h3-6,8,14,17,19,28H,7,9-11,25H2,1-2H3,(H,27,30)(H,31,32). The number of anilines is 2. The molecule has 4 heterocycles. The number of ether oxygens (including phenoxy) is 2. The average Bonchev–Trinajstić information content (AvgIpc) is 3.38. The van der Waals surface area contributed by atoms with Gasteiger partial charge in [0.15, 0.2) is 0 Å². The third-order valence-corrected chi connectivity index (χ3v) is 7.59. The van der Waals surface area contributed by atoms with Crippen molar-refractivity contribution >= 4 is 44.9 Å². The summed E-state index contributed by atoms with van der Waals surface area (Å²) in [4.78, 5) is 31.8. The number of thiophene rings is 1. The minimum atomic E-state index is -1.07. The van der Waals surface area contributed by atoms with Gasteiger partial charge in [0.2, 0.25) is 0 Å².